The van der Waals surface area contributed by atoms with Crippen LogP contribution in [0.1, 0.15) is 72.9 Å². The standard InChI is InChI=1S/C22H35NO4Si/c1-14-16(23-19(24)26-20(2,3)4)12-10-15-11-13-17(25-18(14)15)22(8,9)27-28-21(5,6)7/h10,12,17H,11,13H2,1-9H3,(H,23,24)/t17-/m0/s1. The molecule has 2 radical (unpaired) electrons. The number of hydrogen-bond acceptors (Lipinski definition) is 4. The Hall–Kier alpha value is -1.53. The van der Waals surface area contributed by atoms with Crippen LogP contribution in [0, 0.1) is 6.92 Å². The normalized spacial score (nSPS) is 17.5. The van der Waals surface area contributed by atoms with E-state index < -0.39 is 11.7 Å². The number of carbonyl (C=O) groups excluding carboxylic acids is 1. The van der Waals surface area contributed by atoms with E-state index in [0.29, 0.717) is 15.5 Å². The average molecular weight is 406 g/mol. The Labute approximate surface area is 172 Å². The number of anilines is 1. The topological polar surface area (TPSA) is 56.8 Å². The zero-order chi connectivity index (χ0) is 21.3. The number of fused-ring (bicyclic) bond motifs is 1. The van der Waals surface area contributed by atoms with Crippen LogP contribution in [-0.2, 0) is 15.6 Å². The van der Waals surface area contributed by atoms with Crippen molar-refractivity contribution in [1.82, 2.24) is 0 Å². The number of nitrogens with one attached hydrogen (secondary N) is 1. The molecule has 0 spiro atoms. The maximum atomic E-state index is 12.2. The molecule has 0 saturated heterocycles. The van der Waals surface area contributed by atoms with Gasteiger partial charge < -0.3 is 13.9 Å². The molecule has 1 aliphatic rings. The minimum Gasteiger partial charge on any atom is -0.487 e. The number of aryl methyl sites for hydroxylation is 1. The second-order valence-electron chi connectivity index (χ2n) is 10.1. The highest BCUT2D eigenvalue weighted by atomic mass is 28.2. The van der Waals surface area contributed by atoms with E-state index in [9.17, 15) is 4.79 Å². The van der Waals surface area contributed by atoms with Gasteiger partial charge in [-0.1, -0.05) is 26.8 Å². The van der Waals surface area contributed by atoms with Gasteiger partial charge in [-0.3, -0.25) is 5.32 Å². The highest BCUT2D eigenvalue weighted by Crippen LogP contribution is 2.39. The van der Waals surface area contributed by atoms with Gasteiger partial charge in [-0.15, -0.1) is 0 Å². The summed E-state index contributed by atoms with van der Waals surface area (Å²) in [6.45, 7) is 18.2. The quantitative estimate of drug-likeness (QED) is 0.656. The van der Waals surface area contributed by atoms with Gasteiger partial charge >= 0.3 is 6.09 Å². The van der Waals surface area contributed by atoms with Crippen LogP contribution in [0.15, 0.2) is 12.1 Å². The van der Waals surface area contributed by atoms with Crippen LogP contribution in [0.25, 0.3) is 0 Å². The zero-order valence-corrected chi connectivity index (χ0v) is 19.8. The van der Waals surface area contributed by atoms with Crippen LogP contribution in [0.5, 0.6) is 5.75 Å². The maximum absolute atomic E-state index is 12.2. The number of carbonyl (C=O) groups is 1. The Morgan fingerprint density at radius 1 is 1.14 bits per heavy atom. The highest BCUT2D eigenvalue weighted by molar-refractivity contribution is 6.31. The summed E-state index contributed by atoms with van der Waals surface area (Å²) in [6, 6.07) is 3.94. The smallest absolute Gasteiger partial charge is 0.412 e. The Balaban J connectivity index is 2.16. The van der Waals surface area contributed by atoms with Gasteiger partial charge in [0.05, 0.1) is 11.3 Å². The van der Waals surface area contributed by atoms with Crippen molar-refractivity contribution in [1.29, 1.82) is 0 Å². The molecule has 1 aromatic carbocycles. The van der Waals surface area contributed by atoms with Crippen molar-refractivity contribution in [2.75, 3.05) is 5.32 Å². The predicted octanol–water partition coefficient (Wildman–Crippen LogP) is 5.67. The molecule has 156 valence electrons. The van der Waals surface area contributed by atoms with Crippen molar-refractivity contribution >= 4 is 21.5 Å². The molecule has 1 N–H and O–H groups in total. The van der Waals surface area contributed by atoms with Crippen molar-refractivity contribution in [3.63, 3.8) is 0 Å². The molecule has 2 rings (SSSR count). The first kappa shape index (κ1) is 22.8. The number of amides is 1. The number of hydrogen-bond donors (Lipinski definition) is 1. The second-order valence-corrected chi connectivity index (χ2v) is 12.0. The molecule has 0 fully saturated rings. The summed E-state index contributed by atoms with van der Waals surface area (Å²) >= 11 is 0. The lowest BCUT2D eigenvalue weighted by atomic mass is 9.91. The highest BCUT2D eigenvalue weighted by Gasteiger charge is 2.37. The molecule has 1 amide bonds. The largest absolute Gasteiger partial charge is 0.487 e. The van der Waals surface area contributed by atoms with Crippen LogP contribution in [0.3, 0.4) is 0 Å². The van der Waals surface area contributed by atoms with Gasteiger partial charge in [0.2, 0.25) is 9.76 Å². The number of ether oxygens (including phenoxy) is 2. The Morgan fingerprint density at radius 3 is 2.36 bits per heavy atom. The van der Waals surface area contributed by atoms with Crippen molar-refractivity contribution in [2.45, 2.75) is 97.5 Å². The van der Waals surface area contributed by atoms with E-state index in [-0.39, 0.29) is 16.7 Å². The van der Waals surface area contributed by atoms with Gasteiger partial charge in [-0.2, -0.15) is 0 Å². The third kappa shape index (κ3) is 6.24. The van der Waals surface area contributed by atoms with E-state index in [2.05, 4.69) is 39.9 Å². The van der Waals surface area contributed by atoms with Gasteiger partial charge in [0.25, 0.3) is 0 Å². The van der Waals surface area contributed by atoms with Crippen LogP contribution in [-0.4, -0.2) is 33.2 Å². The fourth-order valence-electron chi connectivity index (χ4n) is 2.99. The van der Waals surface area contributed by atoms with Crippen LogP contribution < -0.4 is 10.1 Å². The Morgan fingerprint density at radius 2 is 1.79 bits per heavy atom. The van der Waals surface area contributed by atoms with Gasteiger partial charge in [0.1, 0.15) is 17.5 Å². The summed E-state index contributed by atoms with van der Waals surface area (Å²) in [4.78, 5) is 12.2. The molecule has 0 unspecified atom stereocenters. The first-order chi connectivity index (χ1) is 12.7. The van der Waals surface area contributed by atoms with Gasteiger partial charge in [0.15, 0.2) is 0 Å². The van der Waals surface area contributed by atoms with E-state index in [1.54, 1.807) is 0 Å². The number of benzene rings is 1. The van der Waals surface area contributed by atoms with Gasteiger partial charge in [0, 0.05) is 5.56 Å². The van der Waals surface area contributed by atoms with Crippen LogP contribution in [0.2, 0.25) is 5.04 Å². The van der Waals surface area contributed by atoms with Crippen LogP contribution >= 0.6 is 0 Å². The Bertz CT molecular complexity index is 716. The minimum absolute atomic E-state index is 0.0367. The fraction of sp³-hybridized carbons (Fsp3) is 0.682. The van der Waals surface area contributed by atoms with Crippen molar-refractivity contribution in [3.8, 4) is 5.75 Å². The molecule has 1 atom stereocenters. The molecular weight excluding hydrogens is 370 g/mol. The average Bonchev–Trinajstić information content (AvgIpc) is 2.53. The van der Waals surface area contributed by atoms with Crippen molar-refractivity contribution < 1.29 is 18.7 Å². The summed E-state index contributed by atoms with van der Waals surface area (Å²) in [5.74, 6) is 0.848. The first-order valence-corrected chi connectivity index (χ1v) is 10.8. The maximum Gasteiger partial charge on any atom is 0.412 e. The fourth-order valence-corrected chi connectivity index (χ4v) is 3.69. The minimum atomic E-state index is -0.539. The summed E-state index contributed by atoms with van der Waals surface area (Å²) < 4.78 is 18.0. The van der Waals surface area contributed by atoms with Crippen LogP contribution in [0.4, 0.5) is 10.5 Å². The van der Waals surface area contributed by atoms with Gasteiger partial charge in [-0.25, -0.2) is 4.79 Å². The zero-order valence-electron chi connectivity index (χ0n) is 18.8. The molecule has 1 aromatic rings. The molecule has 0 saturated carbocycles. The molecule has 1 aliphatic heterocycles. The predicted molar refractivity (Wildman–Crippen MR) is 114 cm³/mol. The van der Waals surface area contributed by atoms with Crippen molar-refractivity contribution in [3.05, 3.63) is 23.3 Å². The van der Waals surface area contributed by atoms with E-state index in [0.717, 1.165) is 29.7 Å². The first-order valence-electron chi connectivity index (χ1n) is 9.92. The van der Waals surface area contributed by atoms with Crippen molar-refractivity contribution in [2.24, 2.45) is 0 Å². The molecule has 6 heteroatoms. The molecule has 0 aromatic heterocycles. The lowest BCUT2D eigenvalue weighted by molar-refractivity contribution is -0.0242. The molecular formula is C22H35NO4Si. The lowest BCUT2D eigenvalue weighted by Gasteiger charge is -2.39. The van der Waals surface area contributed by atoms with Gasteiger partial charge in [-0.05, 0) is 71.1 Å². The molecule has 0 aliphatic carbocycles. The summed E-state index contributed by atoms with van der Waals surface area (Å²) in [5, 5.41) is 2.97. The molecule has 1 heterocycles. The summed E-state index contributed by atoms with van der Waals surface area (Å²) in [7, 11) is 0.402. The van der Waals surface area contributed by atoms with E-state index in [4.69, 9.17) is 13.9 Å². The summed E-state index contributed by atoms with van der Waals surface area (Å²) in [5.41, 5.74) is 1.87. The third-order valence-electron chi connectivity index (χ3n) is 4.45. The molecule has 5 nitrogen and oxygen atoms in total. The van der Waals surface area contributed by atoms with E-state index >= 15 is 0 Å². The molecule has 0 bridgehead atoms. The Kier molecular flexibility index (Phi) is 6.56. The SMILES string of the molecule is Cc1c(NC(=O)OC(C)(C)C)ccc2c1O[C@H](C(C)(C)O[Si]C(C)(C)C)CC2. The van der Waals surface area contributed by atoms with E-state index in [1.165, 1.54) is 0 Å². The lowest BCUT2D eigenvalue weighted by Crippen LogP contribution is -2.46. The number of rotatable bonds is 4. The monoisotopic (exact) mass is 405 g/mol. The third-order valence-corrected chi connectivity index (χ3v) is 5.70. The molecule has 28 heavy (non-hydrogen) atoms. The summed E-state index contributed by atoms with van der Waals surface area (Å²) in [6.07, 6.45) is 1.34. The van der Waals surface area contributed by atoms with E-state index in [1.807, 2.05) is 39.8 Å². The second kappa shape index (κ2) is 8.07.